The molecular weight excluding hydrogens is 360 g/mol. The zero-order chi connectivity index (χ0) is 15.0. The highest BCUT2D eigenvalue weighted by atomic mass is 79.9. The molecule has 0 atom stereocenters. The number of anilines is 2. The van der Waals surface area contributed by atoms with E-state index in [0.29, 0.717) is 10.0 Å². The molecule has 0 aliphatic rings. The van der Waals surface area contributed by atoms with E-state index in [1.54, 1.807) is 4.68 Å². The lowest BCUT2D eigenvalue weighted by atomic mass is 10.2. The Hall–Kier alpha value is -1.11. The van der Waals surface area contributed by atoms with Crippen molar-refractivity contribution in [3.05, 3.63) is 38.4 Å². The zero-order valence-electron chi connectivity index (χ0n) is 11.3. The largest absolute Gasteiger partial charge is 0.389 e. The Kier molecular flexibility index (Phi) is 4.36. The first kappa shape index (κ1) is 15.3. The summed E-state index contributed by atoms with van der Waals surface area (Å²) in [7, 11) is 1.83. The minimum Gasteiger partial charge on any atom is -0.389 e. The fourth-order valence-electron chi connectivity index (χ4n) is 1.97. The van der Waals surface area contributed by atoms with Crippen LogP contribution in [-0.4, -0.2) is 14.8 Å². The van der Waals surface area contributed by atoms with Crippen LogP contribution in [0.5, 0.6) is 0 Å². The van der Waals surface area contributed by atoms with Crippen LogP contribution in [0.2, 0.25) is 5.02 Å². The lowest BCUT2D eigenvalue weighted by molar-refractivity contribution is 0.765. The summed E-state index contributed by atoms with van der Waals surface area (Å²) in [6.07, 6.45) is 0. The molecule has 0 fully saturated rings. The second-order valence-corrected chi connectivity index (χ2v) is 6.20. The van der Waals surface area contributed by atoms with Gasteiger partial charge in [-0.3, -0.25) is 4.68 Å². The minimum absolute atomic E-state index is 0.312. The Morgan fingerprint density at radius 1 is 1.45 bits per heavy atom. The van der Waals surface area contributed by atoms with Crippen LogP contribution in [0.25, 0.3) is 0 Å². The van der Waals surface area contributed by atoms with Crippen molar-refractivity contribution in [3.63, 3.8) is 0 Å². The lowest BCUT2D eigenvalue weighted by Gasteiger charge is -2.12. The van der Waals surface area contributed by atoms with Crippen LogP contribution in [-0.2, 0) is 7.05 Å². The number of hydrogen-bond acceptors (Lipinski definition) is 3. The van der Waals surface area contributed by atoms with Crippen molar-refractivity contribution in [2.45, 2.75) is 13.8 Å². The average Bonchev–Trinajstić information content (AvgIpc) is 2.61. The molecule has 106 valence electrons. The number of thiocarbonyl (C=S) groups is 1. The van der Waals surface area contributed by atoms with Gasteiger partial charge in [0.05, 0.1) is 16.9 Å². The van der Waals surface area contributed by atoms with Gasteiger partial charge in [-0.15, -0.1) is 0 Å². The molecule has 0 saturated carbocycles. The molecular formula is C13H14BrClN4S. The van der Waals surface area contributed by atoms with Gasteiger partial charge in [-0.25, -0.2) is 0 Å². The van der Waals surface area contributed by atoms with E-state index < -0.39 is 0 Å². The summed E-state index contributed by atoms with van der Waals surface area (Å²) in [5.41, 5.74) is 9.14. The van der Waals surface area contributed by atoms with Gasteiger partial charge in [-0.05, 0) is 47.5 Å². The number of aryl methyl sites for hydroxylation is 3. The molecule has 1 aromatic carbocycles. The molecule has 20 heavy (non-hydrogen) atoms. The number of rotatable bonds is 3. The molecule has 7 heteroatoms. The zero-order valence-corrected chi connectivity index (χ0v) is 14.4. The van der Waals surface area contributed by atoms with E-state index in [-0.39, 0.29) is 0 Å². The van der Waals surface area contributed by atoms with E-state index in [2.05, 4.69) is 26.3 Å². The van der Waals surface area contributed by atoms with Gasteiger partial charge < -0.3 is 11.1 Å². The van der Waals surface area contributed by atoms with Crippen molar-refractivity contribution in [1.82, 2.24) is 9.78 Å². The van der Waals surface area contributed by atoms with Crippen molar-refractivity contribution in [2.75, 3.05) is 5.32 Å². The van der Waals surface area contributed by atoms with Crippen LogP contribution in [0.3, 0.4) is 0 Å². The number of aromatic nitrogens is 2. The summed E-state index contributed by atoms with van der Waals surface area (Å²) in [4.78, 5) is 0.312. The predicted molar refractivity (Wildman–Crippen MR) is 91.0 cm³/mol. The van der Waals surface area contributed by atoms with Gasteiger partial charge in [0, 0.05) is 16.5 Å². The first-order chi connectivity index (χ1) is 9.31. The SMILES string of the molecule is Cc1cc(Br)c(Nc2c(C(N)=S)c(C)nn2C)cc1Cl. The van der Waals surface area contributed by atoms with E-state index in [1.165, 1.54) is 0 Å². The summed E-state index contributed by atoms with van der Waals surface area (Å²) >= 11 is 14.8. The molecule has 2 rings (SSSR count). The van der Waals surface area contributed by atoms with E-state index in [0.717, 1.165) is 32.8 Å². The number of nitrogens with two attached hydrogens (primary N) is 1. The van der Waals surface area contributed by atoms with Crippen molar-refractivity contribution < 1.29 is 0 Å². The highest BCUT2D eigenvalue weighted by Crippen LogP contribution is 2.32. The maximum Gasteiger partial charge on any atom is 0.138 e. The van der Waals surface area contributed by atoms with Crippen molar-refractivity contribution >= 4 is 56.2 Å². The van der Waals surface area contributed by atoms with Gasteiger partial charge in [0.15, 0.2) is 0 Å². The minimum atomic E-state index is 0.312. The summed E-state index contributed by atoms with van der Waals surface area (Å²) < 4.78 is 2.62. The fraction of sp³-hybridized carbons (Fsp3) is 0.231. The third-order valence-electron chi connectivity index (χ3n) is 2.97. The van der Waals surface area contributed by atoms with Gasteiger partial charge in [0.25, 0.3) is 0 Å². The highest BCUT2D eigenvalue weighted by molar-refractivity contribution is 9.10. The summed E-state index contributed by atoms with van der Waals surface area (Å²) in [5, 5.41) is 8.30. The average molecular weight is 374 g/mol. The van der Waals surface area contributed by atoms with E-state index >= 15 is 0 Å². The normalized spacial score (nSPS) is 10.7. The summed E-state index contributed by atoms with van der Waals surface area (Å²) in [5.74, 6) is 0.746. The predicted octanol–water partition coefficient (Wildman–Crippen LogP) is 3.83. The van der Waals surface area contributed by atoms with E-state index in [1.807, 2.05) is 33.0 Å². The molecule has 0 spiro atoms. The van der Waals surface area contributed by atoms with Crippen LogP contribution in [0.1, 0.15) is 16.8 Å². The van der Waals surface area contributed by atoms with Crippen LogP contribution >= 0.6 is 39.7 Å². The molecule has 3 N–H and O–H groups in total. The number of benzene rings is 1. The second kappa shape index (κ2) is 5.71. The first-order valence-electron chi connectivity index (χ1n) is 5.87. The quantitative estimate of drug-likeness (QED) is 0.803. The molecule has 0 saturated heterocycles. The molecule has 0 aliphatic carbocycles. The van der Waals surface area contributed by atoms with E-state index in [9.17, 15) is 0 Å². The third-order valence-corrected chi connectivity index (χ3v) is 4.24. The van der Waals surface area contributed by atoms with Gasteiger partial charge in [0.2, 0.25) is 0 Å². The molecule has 0 amide bonds. The van der Waals surface area contributed by atoms with Crippen molar-refractivity contribution in [2.24, 2.45) is 12.8 Å². The standard InChI is InChI=1S/C13H14BrClN4S/c1-6-4-8(14)10(5-9(6)15)17-13-11(12(16)20)7(2)18-19(13)3/h4-5,17H,1-3H3,(H2,16,20). The van der Waals surface area contributed by atoms with Crippen LogP contribution in [0.4, 0.5) is 11.5 Å². The number of halogens is 2. The van der Waals surface area contributed by atoms with Crippen LogP contribution < -0.4 is 11.1 Å². The molecule has 1 heterocycles. The number of nitrogens with zero attached hydrogens (tertiary/aromatic N) is 2. The van der Waals surface area contributed by atoms with Gasteiger partial charge >= 0.3 is 0 Å². The maximum atomic E-state index is 6.17. The maximum absolute atomic E-state index is 6.17. The fourth-order valence-corrected chi connectivity index (χ4v) is 2.93. The van der Waals surface area contributed by atoms with Crippen molar-refractivity contribution in [1.29, 1.82) is 0 Å². The van der Waals surface area contributed by atoms with Gasteiger partial charge in [-0.1, -0.05) is 23.8 Å². The first-order valence-corrected chi connectivity index (χ1v) is 7.45. The van der Waals surface area contributed by atoms with Crippen LogP contribution in [0.15, 0.2) is 16.6 Å². The Labute approximate surface area is 136 Å². The topological polar surface area (TPSA) is 55.9 Å². The Morgan fingerprint density at radius 3 is 2.70 bits per heavy atom. The Balaban J connectivity index is 2.50. The van der Waals surface area contributed by atoms with E-state index in [4.69, 9.17) is 29.6 Å². The summed E-state index contributed by atoms with van der Waals surface area (Å²) in [6.45, 7) is 3.82. The monoisotopic (exact) mass is 372 g/mol. The van der Waals surface area contributed by atoms with Crippen LogP contribution in [0, 0.1) is 13.8 Å². The molecule has 0 aliphatic heterocycles. The number of hydrogen-bond donors (Lipinski definition) is 2. The molecule has 4 nitrogen and oxygen atoms in total. The Bertz CT molecular complexity index is 696. The highest BCUT2D eigenvalue weighted by Gasteiger charge is 2.17. The third kappa shape index (κ3) is 2.82. The second-order valence-electron chi connectivity index (χ2n) is 4.50. The smallest absolute Gasteiger partial charge is 0.138 e. The van der Waals surface area contributed by atoms with Gasteiger partial charge in [0.1, 0.15) is 10.8 Å². The molecule has 2 aromatic rings. The molecule has 0 unspecified atom stereocenters. The lowest BCUT2D eigenvalue weighted by Crippen LogP contribution is -2.13. The van der Waals surface area contributed by atoms with Gasteiger partial charge in [-0.2, -0.15) is 5.10 Å². The molecule has 0 bridgehead atoms. The molecule has 1 aromatic heterocycles. The summed E-state index contributed by atoms with van der Waals surface area (Å²) in [6, 6.07) is 3.81. The molecule has 0 radical (unpaired) electrons. The number of nitrogens with one attached hydrogen (secondary N) is 1. The Morgan fingerprint density at radius 2 is 2.10 bits per heavy atom. The van der Waals surface area contributed by atoms with Crippen molar-refractivity contribution in [3.8, 4) is 0 Å².